The van der Waals surface area contributed by atoms with E-state index in [1.165, 1.54) is 57.8 Å². The van der Waals surface area contributed by atoms with E-state index in [1.54, 1.807) is 0 Å². The molecule has 15 heteroatoms. The number of aliphatic hydroxyl groups is 9. The minimum absolute atomic E-state index is 0. The molecule has 0 spiro atoms. The topological polar surface area (TPSA) is 252 Å². The van der Waals surface area contributed by atoms with Gasteiger partial charge in [0.1, 0.15) is 36.6 Å². The zero-order valence-electron chi connectivity index (χ0n) is 26.4. The van der Waals surface area contributed by atoms with Crippen molar-refractivity contribution in [3.8, 4) is 0 Å². The Morgan fingerprint density at radius 1 is 0.533 bits per heavy atom. The molecule has 0 saturated heterocycles. The van der Waals surface area contributed by atoms with Crippen LogP contribution in [0.3, 0.4) is 0 Å². The standard InChI is InChI=1S/C30H56O14.Zr/c1-2-3-4-5-6-7-8-9-10-11-12-13-14-15-16-17-22(35)43-28(26(39)24(37)21(34)19-32)30(42)44-29(41)27(40)25(38)23(36)20(33)18-31;/h20-21,23-28,31-34,36-40H,2-19H2,1H3;/t20-,21-,23-,24-,25+,26+,27-,28-;/m1./s1. The summed E-state index contributed by atoms with van der Waals surface area (Å²) in [5, 5.41) is 86.5. The fraction of sp³-hybridized carbons (Fsp3) is 0.900. The molecule has 14 nitrogen and oxygen atoms in total. The molecule has 0 bridgehead atoms. The second kappa shape index (κ2) is 28.2. The van der Waals surface area contributed by atoms with Crippen molar-refractivity contribution in [3.05, 3.63) is 0 Å². The first-order valence-corrected chi connectivity index (χ1v) is 15.9. The molecule has 0 saturated carbocycles. The molecule has 8 atom stereocenters. The van der Waals surface area contributed by atoms with Gasteiger partial charge in [-0.2, -0.15) is 0 Å². The van der Waals surface area contributed by atoms with Crippen LogP contribution in [0, 0.1) is 0 Å². The van der Waals surface area contributed by atoms with Gasteiger partial charge in [-0.25, -0.2) is 9.59 Å². The molecule has 0 radical (unpaired) electrons. The maximum absolute atomic E-state index is 12.6. The van der Waals surface area contributed by atoms with E-state index in [0.29, 0.717) is 12.8 Å². The molecule has 45 heavy (non-hydrogen) atoms. The third-order valence-corrected chi connectivity index (χ3v) is 7.41. The van der Waals surface area contributed by atoms with Gasteiger partial charge in [0.2, 0.25) is 6.10 Å². The normalized spacial score (nSPS) is 16.8. The summed E-state index contributed by atoms with van der Waals surface area (Å²) in [6, 6.07) is 0. The quantitative estimate of drug-likeness (QED) is 0.0300. The summed E-state index contributed by atoms with van der Waals surface area (Å²) in [5.41, 5.74) is 0. The predicted octanol–water partition coefficient (Wildman–Crippen LogP) is -0.262. The average molecular weight is 732 g/mol. The van der Waals surface area contributed by atoms with Crippen molar-refractivity contribution in [2.24, 2.45) is 0 Å². The summed E-state index contributed by atoms with van der Waals surface area (Å²) in [6.45, 7) is 0.137. The van der Waals surface area contributed by atoms with Gasteiger partial charge in [0.25, 0.3) is 0 Å². The minimum Gasteiger partial charge on any atom is -0.447 e. The van der Waals surface area contributed by atoms with Crippen molar-refractivity contribution in [2.45, 2.75) is 158 Å². The summed E-state index contributed by atoms with van der Waals surface area (Å²) in [7, 11) is 0. The molecule has 0 aliphatic rings. The molecule has 0 unspecified atom stereocenters. The Morgan fingerprint density at radius 3 is 1.31 bits per heavy atom. The van der Waals surface area contributed by atoms with Crippen LogP contribution in [0.25, 0.3) is 0 Å². The molecule has 0 heterocycles. The van der Waals surface area contributed by atoms with E-state index in [9.17, 15) is 50.1 Å². The maximum Gasteiger partial charge on any atom is 0.358 e. The molecule has 0 aliphatic carbocycles. The molecule has 264 valence electrons. The molecule has 9 N–H and O–H groups in total. The Morgan fingerprint density at radius 2 is 0.911 bits per heavy atom. The zero-order chi connectivity index (χ0) is 33.5. The van der Waals surface area contributed by atoms with E-state index in [2.05, 4.69) is 11.7 Å². The van der Waals surface area contributed by atoms with E-state index in [4.69, 9.17) is 14.9 Å². The van der Waals surface area contributed by atoms with Gasteiger partial charge in [-0.05, 0) is 6.42 Å². The molecule has 0 aromatic carbocycles. The fourth-order valence-electron chi connectivity index (χ4n) is 4.49. The van der Waals surface area contributed by atoms with Crippen molar-refractivity contribution in [2.75, 3.05) is 13.2 Å². The van der Waals surface area contributed by atoms with Gasteiger partial charge < -0.3 is 55.4 Å². The monoisotopic (exact) mass is 730 g/mol. The minimum atomic E-state index is -2.61. The van der Waals surface area contributed by atoms with Gasteiger partial charge in [0.05, 0.1) is 13.2 Å². The number of esters is 3. The summed E-state index contributed by atoms with van der Waals surface area (Å²) in [4.78, 5) is 37.1. The van der Waals surface area contributed by atoms with Gasteiger partial charge in [0, 0.05) is 32.6 Å². The molecule has 0 fully saturated rings. The molecule has 0 aromatic heterocycles. The van der Waals surface area contributed by atoms with Crippen LogP contribution in [0.4, 0.5) is 0 Å². The predicted molar refractivity (Wildman–Crippen MR) is 157 cm³/mol. The number of rotatable bonds is 27. The molecule has 0 amide bonds. The van der Waals surface area contributed by atoms with Crippen LogP contribution in [0.2, 0.25) is 0 Å². The molecule has 0 rings (SSSR count). The van der Waals surface area contributed by atoms with Gasteiger partial charge in [-0.1, -0.05) is 96.8 Å². The average Bonchev–Trinajstić information content (AvgIpc) is 3.02. The Hall–Kier alpha value is -0.867. The van der Waals surface area contributed by atoms with Crippen LogP contribution < -0.4 is 0 Å². The molecular weight excluding hydrogens is 676 g/mol. The Bertz CT molecular complexity index is 773. The Balaban J connectivity index is 0. The first-order chi connectivity index (χ1) is 20.9. The number of unbranched alkanes of at least 4 members (excludes halogenated alkanes) is 14. The van der Waals surface area contributed by atoms with Crippen LogP contribution in [-0.2, 0) is 50.1 Å². The van der Waals surface area contributed by atoms with Gasteiger partial charge >= 0.3 is 17.9 Å². The number of ether oxygens (including phenoxy) is 2. The fourth-order valence-corrected chi connectivity index (χ4v) is 4.49. The SMILES string of the molecule is CCCCCCCCCCCCCCCCCC(=O)O[C@@H](C(=O)OC(=O)[C@H](O)[C@@H](O)[C@H](O)[C@H](O)CO)[C@@H](O)[C@H](O)[C@H](O)CO.[Zr]. The molecule has 0 aromatic rings. The van der Waals surface area contributed by atoms with Crippen molar-refractivity contribution in [1.29, 1.82) is 0 Å². The summed E-state index contributed by atoms with van der Waals surface area (Å²) < 4.78 is 9.26. The van der Waals surface area contributed by atoms with Crippen LogP contribution in [-0.4, -0.2) is 126 Å². The van der Waals surface area contributed by atoms with Crippen LogP contribution in [0.15, 0.2) is 0 Å². The van der Waals surface area contributed by atoms with Gasteiger partial charge in [0.15, 0.2) is 6.10 Å². The van der Waals surface area contributed by atoms with Crippen molar-refractivity contribution in [3.63, 3.8) is 0 Å². The third-order valence-electron chi connectivity index (χ3n) is 7.41. The van der Waals surface area contributed by atoms with Crippen molar-refractivity contribution >= 4 is 17.9 Å². The van der Waals surface area contributed by atoms with Crippen molar-refractivity contribution in [1.82, 2.24) is 0 Å². The van der Waals surface area contributed by atoms with Gasteiger partial charge in [-0.15, -0.1) is 0 Å². The summed E-state index contributed by atoms with van der Waals surface area (Å²) >= 11 is 0. The van der Waals surface area contributed by atoms with E-state index in [0.717, 1.165) is 25.7 Å². The zero-order valence-corrected chi connectivity index (χ0v) is 28.9. The second-order valence-electron chi connectivity index (χ2n) is 11.3. The number of hydrogen-bond donors (Lipinski definition) is 9. The van der Waals surface area contributed by atoms with Gasteiger partial charge in [-0.3, -0.25) is 4.79 Å². The number of carbonyl (C=O) groups excluding carboxylic acids is 3. The Kier molecular flexibility index (Phi) is 29.0. The summed E-state index contributed by atoms with van der Waals surface area (Å²) in [5.74, 6) is -4.67. The van der Waals surface area contributed by atoms with E-state index in [-0.39, 0.29) is 32.6 Å². The van der Waals surface area contributed by atoms with E-state index < -0.39 is 80.0 Å². The number of hydrogen-bond acceptors (Lipinski definition) is 14. The third kappa shape index (κ3) is 20.2. The largest absolute Gasteiger partial charge is 0.447 e. The van der Waals surface area contributed by atoms with Crippen LogP contribution in [0.5, 0.6) is 0 Å². The molecule has 0 aliphatic heterocycles. The maximum atomic E-state index is 12.6. The Labute approximate surface area is 284 Å². The summed E-state index contributed by atoms with van der Waals surface area (Å²) in [6.07, 6.45) is -1.65. The van der Waals surface area contributed by atoms with Crippen LogP contribution in [0.1, 0.15) is 110 Å². The first-order valence-electron chi connectivity index (χ1n) is 15.9. The van der Waals surface area contributed by atoms with Crippen molar-refractivity contribution < 1.29 is 96.0 Å². The number of aliphatic hydroxyl groups excluding tert-OH is 9. The molecular formula is C30H56O14Zr. The van der Waals surface area contributed by atoms with Crippen LogP contribution >= 0.6 is 0 Å². The van der Waals surface area contributed by atoms with E-state index >= 15 is 0 Å². The second-order valence-corrected chi connectivity index (χ2v) is 11.3. The number of carbonyl (C=O) groups is 3. The first kappa shape index (κ1) is 46.3. The smallest absolute Gasteiger partial charge is 0.358 e. The van der Waals surface area contributed by atoms with E-state index in [1.807, 2.05) is 0 Å².